The zero-order valence-corrected chi connectivity index (χ0v) is 8.71. The van der Waals surface area contributed by atoms with Gasteiger partial charge in [0.05, 0.1) is 6.61 Å². The summed E-state index contributed by atoms with van der Waals surface area (Å²) in [6.45, 7) is 5.48. The van der Waals surface area contributed by atoms with Gasteiger partial charge in [0, 0.05) is 19.8 Å². The van der Waals surface area contributed by atoms with Crippen molar-refractivity contribution in [3.63, 3.8) is 0 Å². The van der Waals surface area contributed by atoms with E-state index in [9.17, 15) is 0 Å². The van der Waals surface area contributed by atoms with Crippen molar-refractivity contribution in [1.82, 2.24) is 0 Å². The molecule has 0 radical (unpaired) electrons. The molecule has 0 saturated heterocycles. The topological polar surface area (TPSA) is 79.7 Å². The molecular weight excluding hydrogens is 176 g/mol. The average molecular weight is 194 g/mol. The van der Waals surface area contributed by atoms with Crippen LogP contribution in [0.15, 0.2) is 0 Å². The Morgan fingerprint density at radius 3 is 1.92 bits per heavy atom. The predicted molar refractivity (Wildman–Crippen MR) is 48.2 cm³/mol. The summed E-state index contributed by atoms with van der Waals surface area (Å²) < 4.78 is 15.6. The molecule has 0 heterocycles. The van der Waals surface area contributed by atoms with Crippen LogP contribution in [0.2, 0.25) is 0 Å². The van der Waals surface area contributed by atoms with E-state index in [1.54, 1.807) is 0 Å². The molecule has 5 nitrogen and oxygen atoms in total. The first-order valence-electron chi connectivity index (χ1n) is 4.09. The van der Waals surface area contributed by atoms with Crippen LogP contribution in [0.25, 0.3) is 0 Å². The van der Waals surface area contributed by atoms with Gasteiger partial charge in [-0.3, -0.25) is 5.40 Å². The third-order valence-electron chi connectivity index (χ3n) is 1.11. The van der Waals surface area contributed by atoms with Gasteiger partial charge in [0.1, 0.15) is 0 Å². The van der Waals surface area contributed by atoms with Gasteiger partial charge in [-0.15, -0.1) is 0 Å². The average Bonchev–Trinajstić information content (AvgIpc) is 2.02. The van der Waals surface area contributed by atoms with Gasteiger partial charge in [-0.25, -0.2) is 0 Å². The fourth-order valence-electron chi connectivity index (χ4n) is 0.729. The first-order valence-corrected chi connectivity index (χ1v) is 5.89. The monoisotopic (exact) mass is 194 g/mol. The van der Waals surface area contributed by atoms with E-state index in [0.29, 0.717) is 26.4 Å². The molecule has 12 heavy (non-hydrogen) atoms. The molecule has 0 amide bonds. The number of nitrogens with two attached hydrogens (primary N) is 2. The van der Waals surface area contributed by atoms with Gasteiger partial charge >= 0.3 is 8.97 Å². The van der Waals surface area contributed by atoms with Crippen molar-refractivity contribution in [2.75, 3.05) is 26.4 Å². The summed E-state index contributed by atoms with van der Waals surface area (Å²) in [5, 5.41) is 5.72. The molecule has 0 bridgehead atoms. The predicted octanol–water partition coefficient (Wildman–Crippen LogP) is -0.571. The smallest absolute Gasteiger partial charge is 0.362 e. The van der Waals surface area contributed by atoms with Crippen molar-refractivity contribution in [3.05, 3.63) is 0 Å². The fourth-order valence-corrected chi connectivity index (χ4v) is 2.19. The highest BCUT2D eigenvalue weighted by atomic mass is 28.4. The van der Waals surface area contributed by atoms with Crippen LogP contribution in [0, 0.1) is 0 Å². The lowest BCUT2D eigenvalue weighted by molar-refractivity contribution is 0.0704. The first kappa shape index (κ1) is 12.0. The minimum atomic E-state index is -2.85. The summed E-state index contributed by atoms with van der Waals surface area (Å²) >= 11 is 0. The van der Waals surface area contributed by atoms with Crippen LogP contribution in [-0.4, -0.2) is 35.3 Å². The molecular formula is C6H18N2O3Si. The Bertz CT molecular complexity index is 109. The maximum Gasteiger partial charge on any atom is 0.594 e. The Labute approximate surface area is 74.4 Å². The van der Waals surface area contributed by atoms with Crippen molar-refractivity contribution in [3.8, 4) is 0 Å². The molecule has 0 aromatic rings. The Kier molecular flexibility index (Phi) is 6.53. The van der Waals surface area contributed by atoms with E-state index < -0.39 is 8.97 Å². The van der Waals surface area contributed by atoms with Gasteiger partial charge in [-0.05, 0) is 13.8 Å². The van der Waals surface area contributed by atoms with Crippen molar-refractivity contribution in [2.45, 2.75) is 13.8 Å². The zero-order chi connectivity index (χ0) is 9.45. The first-order chi connectivity index (χ1) is 5.68. The van der Waals surface area contributed by atoms with Crippen LogP contribution in [0.3, 0.4) is 0 Å². The maximum absolute atomic E-state index is 5.72. The highest BCUT2D eigenvalue weighted by Gasteiger charge is 2.36. The number of rotatable bonds is 7. The molecule has 0 saturated carbocycles. The molecule has 0 fully saturated rings. The van der Waals surface area contributed by atoms with Crippen LogP contribution in [0.4, 0.5) is 0 Å². The fraction of sp³-hybridized carbons (Fsp3) is 1.00. The van der Waals surface area contributed by atoms with Crippen LogP contribution in [0.5, 0.6) is 0 Å². The van der Waals surface area contributed by atoms with E-state index in [1.165, 1.54) is 0 Å². The van der Waals surface area contributed by atoms with Crippen molar-refractivity contribution in [1.29, 1.82) is 0 Å². The van der Waals surface area contributed by atoms with Crippen LogP contribution >= 0.6 is 0 Å². The van der Waals surface area contributed by atoms with Crippen molar-refractivity contribution >= 4 is 8.97 Å². The number of hydrogen-bond acceptors (Lipinski definition) is 5. The minimum Gasteiger partial charge on any atom is -0.362 e. The molecule has 6 heteroatoms. The van der Waals surface area contributed by atoms with E-state index in [2.05, 4.69) is 0 Å². The molecule has 0 aromatic carbocycles. The molecule has 0 aliphatic rings. The molecule has 0 spiro atoms. The van der Waals surface area contributed by atoms with E-state index in [1.807, 2.05) is 13.8 Å². The lowest BCUT2D eigenvalue weighted by Crippen LogP contribution is -2.56. The van der Waals surface area contributed by atoms with Gasteiger partial charge in [-0.2, -0.15) is 0 Å². The molecule has 74 valence electrons. The summed E-state index contributed by atoms with van der Waals surface area (Å²) in [7, 11) is -2.85. The third-order valence-corrected chi connectivity index (χ3v) is 3.10. The van der Waals surface area contributed by atoms with Gasteiger partial charge < -0.3 is 19.0 Å². The van der Waals surface area contributed by atoms with Crippen molar-refractivity contribution in [2.24, 2.45) is 11.1 Å². The standard InChI is InChI=1S/C6H18N2O3Si/c1-3-9-12(8,10-4-2)11-6-5-7/h3-8H2,1-2H3. The Morgan fingerprint density at radius 1 is 1.08 bits per heavy atom. The van der Waals surface area contributed by atoms with Gasteiger partial charge in [-0.1, -0.05) is 0 Å². The van der Waals surface area contributed by atoms with Crippen LogP contribution in [0.1, 0.15) is 13.8 Å². The third kappa shape index (κ3) is 4.81. The summed E-state index contributed by atoms with van der Waals surface area (Å²) in [6, 6.07) is 0. The molecule has 4 N–H and O–H groups in total. The molecule has 0 aliphatic carbocycles. The highest BCUT2D eigenvalue weighted by molar-refractivity contribution is 6.56. The van der Waals surface area contributed by atoms with Gasteiger partial charge in [0.15, 0.2) is 0 Å². The second-order valence-corrected chi connectivity index (χ2v) is 4.18. The normalized spacial score (nSPS) is 12.0. The Balaban J connectivity index is 3.80. The highest BCUT2D eigenvalue weighted by Crippen LogP contribution is 2.00. The second kappa shape index (κ2) is 6.52. The maximum atomic E-state index is 5.72. The Morgan fingerprint density at radius 2 is 1.58 bits per heavy atom. The van der Waals surface area contributed by atoms with Crippen LogP contribution < -0.4 is 11.1 Å². The Hall–Kier alpha value is 0.0169. The van der Waals surface area contributed by atoms with Crippen LogP contribution in [-0.2, 0) is 13.3 Å². The molecule has 0 aromatic heterocycles. The zero-order valence-electron chi connectivity index (χ0n) is 7.71. The molecule has 0 aliphatic heterocycles. The van der Waals surface area contributed by atoms with E-state index >= 15 is 0 Å². The van der Waals surface area contributed by atoms with E-state index in [-0.39, 0.29) is 0 Å². The minimum absolute atomic E-state index is 0.378. The summed E-state index contributed by atoms with van der Waals surface area (Å²) in [5.74, 6) is 0. The van der Waals surface area contributed by atoms with Gasteiger partial charge in [0.25, 0.3) is 0 Å². The summed E-state index contributed by atoms with van der Waals surface area (Å²) in [6.07, 6.45) is 0. The SMILES string of the molecule is CCO[Si](N)(OCC)OCCN. The quantitative estimate of drug-likeness (QED) is 0.531. The second-order valence-electron chi connectivity index (χ2n) is 2.11. The molecule has 0 unspecified atom stereocenters. The largest absolute Gasteiger partial charge is 0.594 e. The molecule has 0 atom stereocenters. The number of hydrogen-bond donors (Lipinski definition) is 2. The lowest BCUT2D eigenvalue weighted by Gasteiger charge is -2.23. The lowest BCUT2D eigenvalue weighted by atomic mass is 10.8. The summed E-state index contributed by atoms with van der Waals surface area (Å²) in [4.78, 5) is 0. The van der Waals surface area contributed by atoms with Crippen molar-refractivity contribution < 1.29 is 13.3 Å². The van der Waals surface area contributed by atoms with E-state index in [4.69, 9.17) is 24.4 Å². The molecule has 0 rings (SSSR count). The van der Waals surface area contributed by atoms with Gasteiger partial charge in [0.2, 0.25) is 0 Å². The summed E-state index contributed by atoms with van der Waals surface area (Å²) in [5.41, 5.74) is 5.26. The van der Waals surface area contributed by atoms with E-state index in [0.717, 1.165) is 0 Å².